The van der Waals surface area contributed by atoms with Gasteiger partial charge in [0.15, 0.2) is 0 Å². The molecule has 1 saturated heterocycles. The van der Waals surface area contributed by atoms with Crippen molar-refractivity contribution in [2.75, 3.05) is 0 Å². The standard InChI is InChI=1S/C6H9F3N2O/c1-3-2-4(6(7,8)9)11-5(12)10-3/h3-4H,2H2,1H3,(H2,10,11,12). The molecule has 2 amide bonds. The Balaban J connectivity index is 2.62. The van der Waals surface area contributed by atoms with E-state index in [0.29, 0.717) is 0 Å². The van der Waals surface area contributed by atoms with Gasteiger partial charge in [0.2, 0.25) is 0 Å². The number of halogens is 3. The monoisotopic (exact) mass is 182 g/mol. The minimum atomic E-state index is -4.34. The van der Waals surface area contributed by atoms with E-state index >= 15 is 0 Å². The number of hydrogen-bond acceptors (Lipinski definition) is 1. The van der Waals surface area contributed by atoms with Crippen LogP contribution >= 0.6 is 0 Å². The number of urea groups is 1. The molecule has 1 rings (SSSR count). The Morgan fingerprint density at radius 2 is 2.00 bits per heavy atom. The number of nitrogens with one attached hydrogen (secondary N) is 2. The smallest absolute Gasteiger partial charge is 0.336 e. The maximum Gasteiger partial charge on any atom is 0.408 e. The van der Waals surface area contributed by atoms with Gasteiger partial charge in [-0.2, -0.15) is 13.2 Å². The molecule has 3 nitrogen and oxygen atoms in total. The summed E-state index contributed by atoms with van der Waals surface area (Å²) in [6, 6.07) is -2.89. The molecule has 1 heterocycles. The molecule has 2 unspecified atom stereocenters. The summed E-state index contributed by atoms with van der Waals surface area (Å²) in [6.45, 7) is 1.54. The molecule has 70 valence electrons. The number of carbonyl (C=O) groups is 1. The Hall–Kier alpha value is -0.940. The predicted molar refractivity (Wildman–Crippen MR) is 35.6 cm³/mol. The van der Waals surface area contributed by atoms with E-state index in [4.69, 9.17) is 0 Å². The first-order chi connectivity index (χ1) is 5.39. The molecule has 12 heavy (non-hydrogen) atoms. The first-order valence-electron chi connectivity index (χ1n) is 3.53. The summed E-state index contributed by atoms with van der Waals surface area (Å²) in [5.74, 6) is 0. The fraction of sp³-hybridized carbons (Fsp3) is 0.833. The van der Waals surface area contributed by atoms with Crippen molar-refractivity contribution >= 4 is 6.03 Å². The zero-order chi connectivity index (χ0) is 9.35. The van der Waals surface area contributed by atoms with Crippen LogP contribution in [0.2, 0.25) is 0 Å². The minimum absolute atomic E-state index is 0.116. The molecule has 0 aromatic heterocycles. The first kappa shape index (κ1) is 9.15. The van der Waals surface area contributed by atoms with Gasteiger partial charge in [-0.05, 0) is 13.3 Å². The Bertz CT molecular complexity index is 192. The van der Waals surface area contributed by atoms with Gasteiger partial charge in [0.25, 0.3) is 0 Å². The van der Waals surface area contributed by atoms with Gasteiger partial charge < -0.3 is 10.6 Å². The molecule has 1 aliphatic heterocycles. The van der Waals surface area contributed by atoms with Crippen molar-refractivity contribution in [2.45, 2.75) is 31.6 Å². The summed E-state index contributed by atoms with van der Waals surface area (Å²) in [5, 5.41) is 4.14. The van der Waals surface area contributed by atoms with Crippen molar-refractivity contribution in [3.8, 4) is 0 Å². The number of alkyl halides is 3. The predicted octanol–water partition coefficient (Wildman–Crippen LogP) is 1.01. The van der Waals surface area contributed by atoms with Gasteiger partial charge in [0.05, 0.1) is 0 Å². The lowest BCUT2D eigenvalue weighted by atomic mass is 10.1. The molecule has 0 aromatic carbocycles. The summed E-state index contributed by atoms with van der Waals surface area (Å²) in [4.78, 5) is 10.6. The summed E-state index contributed by atoms with van der Waals surface area (Å²) >= 11 is 0. The van der Waals surface area contributed by atoms with Crippen LogP contribution < -0.4 is 10.6 Å². The number of rotatable bonds is 0. The lowest BCUT2D eigenvalue weighted by Crippen LogP contribution is -2.58. The molecule has 2 atom stereocenters. The van der Waals surface area contributed by atoms with Crippen molar-refractivity contribution in [2.24, 2.45) is 0 Å². The molecule has 1 fully saturated rings. The molecular weight excluding hydrogens is 173 g/mol. The lowest BCUT2D eigenvalue weighted by Gasteiger charge is -2.30. The first-order valence-corrected chi connectivity index (χ1v) is 3.53. The second kappa shape index (κ2) is 2.84. The van der Waals surface area contributed by atoms with E-state index in [-0.39, 0.29) is 6.42 Å². The van der Waals surface area contributed by atoms with E-state index in [2.05, 4.69) is 5.32 Å². The van der Waals surface area contributed by atoms with Crippen LogP contribution in [0.25, 0.3) is 0 Å². The van der Waals surface area contributed by atoms with Crippen molar-refractivity contribution in [3.63, 3.8) is 0 Å². The van der Waals surface area contributed by atoms with E-state index in [9.17, 15) is 18.0 Å². The third-order valence-corrected chi connectivity index (χ3v) is 1.67. The molecule has 1 aliphatic rings. The SMILES string of the molecule is CC1CC(C(F)(F)F)NC(=O)N1. The Kier molecular flexibility index (Phi) is 2.16. The average Bonchev–Trinajstić information content (AvgIpc) is 1.82. The molecular formula is C6H9F3N2O. The average molecular weight is 182 g/mol. The van der Waals surface area contributed by atoms with Crippen molar-refractivity contribution in [1.29, 1.82) is 0 Å². The van der Waals surface area contributed by atoms with Crippen LogP contribution in [-0.2, 0) is 0 Å². The molecule has 0 bridgehead atoms. The van der Waals surface area contributed by atoms with Crippen LogP contribution in [0.5, 0.6) is 0 Å². The van der Waals surface area contributed by atoms with E-state index in [1.54, 1.807) is 0 Å². The highest BCUT2D eigenvalue weighted by molar-refractivity contribution is 5.75. The van der Waals surface area contributed by atoms with Gasteiger partial charge in [0.1, 0.15) is 6.04 Å². The van der Waals surface area contributed by atoms with E-state index in [1.165, 1.54) is 6.92 Å². The van der Waals surface area contributed by atoms with Gasteiger partial charge in [-0.15, -0.1) is 0 Å². The van der Waals surface area contributed by atoms with Gasteiger partial charge in [0, 0.05) is 6.04 Å². The molecule has 0 aromatic rings. The van der Waals surface area contributed by atoms with Gasteiger partial charge >= 0.3 is 12.2 Å². The van der Waals surface area contributed by atoms with Gasteiger partial charge in [-0.25, -0.2) is 4.79 Å². The highest BCUT2D eigenvalue weighted by Crippen LogP contribution is 2.24. The number of amides is 2. The van der Waals surface area contributed by atoms with E-state index in [0.717, 1.165) is 0 Å². The van der Waals surface area contributed by atoms with E-state index in [1.807, 2.05) is 5.32 Å². The molecule has 0 aliphatic carbocycles. The molecule has 2 N–H and O–H groups in total. The summed E-state index contributed by atoms with van der Waals surface area (Å²) in [5.41, 5.74) is 0. The lowest BCUT2D eigenvalue weighted by molar-refractivity contribution is -0.157. The highest BCUT2D eigenvalue weighted by atomic mass is 19.4. The van der Waals surface area contributed by atoms with Crippen LogP contribution in [-0.4, -0.2) is 24.3 Å². The third kappa shape index (κ3) is 2.02. The molecule has 0 radical (unpaired) electrons. The van der Waals surface area contributed by atoms with Crippen molar-refractivity contribution in [3.05, 3.63) is 0 Å². The quantitative estimate of drug-likeness (QED) is 0.576. The number of carbonyl (C=O) groups excluding carboxylic acids is 1. The van der Waals surface area contributed by atoms with Gasteiger partial charge in [-0.3, -0.25) is 0 Å². The van der Waals surface area contributed by atoms with Crippen LogP contribution in [0.4, 0.5) is 18.0 Å². The van der Waals surface area contributed by atoms with Crippen molar-refractivity contribution in [1.82, 2.24) is 10.6 Å². The van der Waals surface area contributed by atoms with E-state index < -0.39 is 24.3 Å². The van der Waals surface area contributed by atoms with Crippen LogP contribution in [0.1, 0.15) is 13.3 Å². The number of hydrogen-bond donors (Lipinski definition) is 2. The third-order valence-electron chi connectivity index (χ3n) is 1.67. The second-order valence-corrected chi connectivity index (χ2v) is 2.85. The van der Waals surface area contributed by atoms with Gasteiger partial charge in [-0.1, -0.05) is 0 Å². The summed E-state index contributed by atoms with van der Waals surface area (Å²) in [7, 11) is 0. The molecule has 0 saturated carbocycles. The summed E-state index contributed by atoms with van der Waals surface area (Å²) < 4.78 is 36.1. The zero-order valence-corrected chi connectivity index (χ0v) is 6.40. The Morgan fingerprint density at radius 3 is 2.42 bits per heavy atom. The van der Waals surface area contributed by atoms with Crippen LogP contribution in [0.15, 0.2) is 0 Å². The second-order valence-electron chi connectivity index (χ2n) is 2.85. The summed E-state index contributed by atoms with van der Waals surface area (Å²) in [6.07, 6.45) is -4.46. The minimum Gasteiger partial charge on any atom is -0.336 e. The van der Waals surface area contributed by atoms with Crippen LogP contribution in [0, 0.1) is 0 Å². The van der Waals surface area contributed by atoms with Crippen molar-refractivity contribution < 1.29 is 18.0 Å². The normalized spacial score (nSPS) is 30.8. The molecule has 6 heteroatoms. The largest absolute Gasteiger partial charge is 0.408 e. The molecule has 0 spiro atoms. The zero-order valence-electron chi connectivity index (χ0n) is 6.40. The fourth-order valence-electron chi connectivity index (χ4n) is 1.11. The van der Waals surface area contributed by atoms with Crippen LogP contribution in [0.3, 0.4) is 0 Å². The Labute approximate surface area is 67.3 Å². The maximum absolute atomic E-state index is 12.0. The maximum atomic E-state index is 12.0. The highest BCUT2D eigenvalue weighted by Gasteiger charge is 2.43. The fourth-order valence-corrected chi connectivity index (χ4v) is 1.11. The topological polar surface area (TPSA) is 41.1 Å². The Morgan fingerprint density at radius 1 is 1.42 bits per heavy atom.